The van der Waals surface area contributed by atoms with Gasteiger partial charge in [0.15, 0.2) is 0 Å². The van der Waals surface area contributed by atoms with Gasteiger partial charge in [0.2, 0.25) is 5.91 Å². The van der Waals surface area contributed by atoms with Crippen molar-refractivity contribution in [3.63, 3.8) is 0 Å². The van der Waals surface area contributed by atoms with Crippen molar-refractivity contribution in [3.05, 3.63) is 0 Å². The highest BCUT2D eigenvalue weighted by molar-refractivity contribution is 5.75. The molecule has 0 aromatic carbocycles. The zero-order valence-electron chi connectivity index (χ0n) is 10.6. The number of carbonyl (C=O) groups excluding carboxylic acids is 1. The van der Waals surface area contributed by atoms with Gasteiger partial charge >= 0.3 is 5.97 Å². The fraction of sp³-hybridized carbons (Fsp3) is 0.846. The normalized spacial score (nSPS) is 23.6. The minimum Gasteiger partial charge on any atom is -0.481 e. The SMILES string of the molecule is CC1CCC(CNC(=O)CCCCC(=O)O)C1. The lowest BCUT2D eigenvalue weighted by Gasteiger charge is -2.10. The largest absolute Gasteiger partial charge is 0.481 e. The molecule has 0 saturated heterocycles. The molecule has 2 N–H and O–H groups in total. The molecule has 0 aliphatic heterocycles. The third kappa shape index (κ3) is 6.29. The van der Waals surface area contributed by atoms with Crippen LogP contribution in [0.4, 0.5) is 0 Å². The first-order valence-corrected chi connectivity index (χ1v) is 6.56. The number of nitrogens with one attached hydrogen (secondary N) is 1. The van der Waals surface area contributed by atoms with Gasteiger partial charge in [0.1, 0.15) is 0 Å². The molecule has 0 aromatic heterocycles. The van der Waals surface area contributed by atoms with Gasteiger partial charge in [-0.05, 0) is 37.5 Å². The average molecular weight is 241 g/mol. The first-order chi connectivity index (χ1) is 8.08. The van der Waals surface area contributed by atoms with Gasteiger partial charge in [0.05, 0.1) is 0 Å². The van der Waals surface area contributed by atoms with Crippen LogP contribution in [0.5, 0.6) is 0 Å². The van der Waals surface area contributed by atoms with E-state index in [2.05, 4.69) is 12.2 Å². The summed E-state index contributed by atoms with van der Waals surface area (Å²) in [6.07, 6.45) is 5.59. The molecule has 98 valence electrons. The van der Waals surface area contributed by atoms with Gasteiger partial charge < -0.3 is 10.4 Å². The molecule has 1 aliphatic carbocycles. The Morgan fingerprint density at radius 3 is 2.53 bits per heavy atom. The van der Waals surface area contributed by atoms with Gasteiger partial charge in [0, 0.05) is 19.4 Å². The second kappa shape index (κ2) is 7.30. The van der Waals surface area contributed by atoms with Crippen molar-refractivity contribution in [2.45, 2.75) is 51.9 Å². The molecule has 1 amide bonds. The second-order valence-corrected chi connectivity index (χ2v) is 5.19. The number of rotatable bonds is 7. The number of hydrogen-bond acceptors (Lipinski definition) is 2. The van der Waals surface area contributed by atoms with Gasteiger partial charge in [-0.1, -0.05) is 13.3 Å². The molecule has 1 saturated carbocycles. The fourth-order valence-electron chi connectivity index (χ4n) is 2.42. The van der Waals surface area contributed by atoms with E-state index in [1.165, 1.54) is 19.3 Å². The lowest BCUT2D eigenvalue weighted by atomic mass is 10.1. The zero-order valence-corrected chi connectivity index (χ0v) is 10.6. The Balaban J connectivity index is 1.99. The van der Waals surface area contributed by atoms with Gasteiger partial charge in [-0.25, -0.2) is 0 Å². The molecule has 1 fully saturated rings. The summed E-state index contributed by atoms with van der Waals surface area (Å²) >= 11 is 0. The van der Waals surface area contributed by atoms with Crippen LogP contribution in [-0.2, 0) is 9.59 Å². The molecule has 17 heavy (non-hydrogen) atoms. The van der Waals surface area contributed by atoms with Crippen molar-refractivity contribution in [2.24, 2.45) is 11.8 Å². The second-order valence-electron chi connectivity index (χ2n) is 5.19. The molecule has 4 nitrogen and oxygen atoms in total. The Morgan fingerprint density at radius 1 is 1.24 bits per heavy atom. The molecule has 0 aromatic rings. The van der Waals surface area contributed by atoms with E-state index in [4.69, 9.17) is 5.11 Å². The zero-order chi connectivity index (χ0) is 12.7. The van der Waals surface area contributed by atoms with Crippen molar-refractivity contribution in [3.8, 4) is 0 Å². The van der Waals surface area contributed by atoms with E-state index in [0.29, 0.717) is 25.2 Å². The van der Waals surface area contributed by atoms with Crippen LogP contribution in [0, 0.1) is 11.8 Å². The van der Waals surface area contributed by atoms with Gasteiger partial charge in [-0.2, -0.15) is 0 Å². The van der Waals surface area contributed by atoms with Crippen LogP contribution in [-0.4, -0.2) is 23.5 Å². The number of carbonyl (C=O) groups is 2. The van der Waals surface area contributed by atoms with Crippen LogP contribution in [0.2, 0.25) is 0 Å². The van der Waals surface area contributed by atoms with E-state index >= 15 is 0 Å². The molecule has 2 unspecified atom stereocenters. The summed E-state index contributed by atoms with van der Waals surface area (Å²) in [5, 5.41) is 11.4. The van der Waals surface area contributed by atoms with Crippen LogP contribution >= 0.6 is 0 Å². The fourth-order valence-corrected chi connectivity index (χ4v) is 2.42. The molecule has 1 rings (SSSR count). The van der Waals surface area contributed by atoms with E-state index in [9.17, 15) is 9.59 Å². The third-order valence-electron chi connectivity index (χ3n) is 3.44. The van der Waals surface area contributed by atoms with Crippen molar-refractivity contribution in [1.82, 2.24) is 5.32 Å². The Morgan fingerprint density at radius 2 is 1.94 bits per heavy atom. The molecule has 0 bridgehead atoms. The maximum absolute atomic E-state index is 11.5. The quantitative estimate of drug-likeness (QED) is 0.671. The molecular weight excluding hydrogens is 218 g/mol. The summed E-state index contributed by atoms with van der Waals surface area (Å²) < 4.78 is 0. The first-order valence-electron chi connectivity index (χ1n) is 6.56. The number of aliphatic carboxylic acids is 1. The van der Waals surface area contributed by atoms with Crippen LogP contribution in [0.15, 0.2) is 0 Å². The van der Waals surface area contributed by atoms with E-state index in [1.807, 2.05) is 0 Å². The number of unbranched alkanes of at least 4 members (excludes halogenated alkanes) is 1. The summed E-state index contributed by atoms with van der Waals surface area (Å²) in [5.74, 6) is 0.723. The highest BCUT2D eigenvalue weighted by Crippen LogP contribution is 2.29. The summed E-state index contributed by atoms with van der Waals surface area (Å²) in [5.41, 5.74) is 0. The minimum absolute atomic E-state index is 0.0648. The van der Waals surface area contributed by atoms with E-state index in [-0.39, 0.29) is 12.3 Å². The standard InChI is InChI=1S/C13H23NO3/c1-10-6-7-11(8-10)9-14-12(15)4-2-3-5-13(16)17/h10-11H,2-9H2,1H3,(H,14,15)(H,16,17). The number of hydrogen-bond donors (Lipinski definition) is 2. The number of amides is 1. The van der Waals surface area contributed by atoms with Crippen molar-refractivity contribution >= 4 is 11.9 Å². The van der Waals surface area contributed by atoms with Crippen molar-refractivity contribution in [1.29, 1.82) is 0 Å². The average Bonchev–Trinajstić information content (AvgIpc) is 2.67. The van der Waals surface area contributed by atoms with Gasteiger partial charge in [-0.3, -0.25) is 9.59 Å². The predicted octanol–water partition coefficient (Wildman–Crippen LogP) is 2.18. The molecule has 0 heterocycles. The van der Waals surface area contributed by atoms with Crippen molar-refractivity contribution < 1.29 is 14.7 Å². The predicted molar refractivity (Wildman–Crippen MR) is 65.6 cm³/mol. The number of carboxylic acids is 1. The minimum atomic E-state index is -0.787. The lowest BCUT2D eigenvalue weighted by molar-refractivity contribution is -0.137. The summed E-state index contributed by atoms with van der Waals surface area (Å²) in [6, 6.07) is 0. The number of carboxylic acid groups (broad SMARTS) is 1. The molecular formula is C13H23NO3. The highest BCUT2D eigenvalue weighted by atomic mass is 16.4. The van der Waals surface area contributed by atoms with E-state index in [0.717, 1.165) is 12.5 Å². The maximum Gasteiger partial charge on any atom is 0.303 e. The monoisotopic (exact) mass is 241 g/mol. The summed E-state index contributed by atoms with van der Waals surface area (Å²) in [4.78, 5) is 21.7. The van der Waals surface area contributed by atoms with E-state index in [1.54, 1.807) is 0 Å². The van der Waals surface area contributed by atoms with Crippen LogP contribution in [0.1, 0.15) is 51.9 Å². The highest BCUT2D eigenvalue weighted by Gasteiger charge is 2.21. The van der Waals surface area contributed by atoms with Gasteiger partial charge in [-0.15, -0.1) is 0 Å². The summed E-state index contributed by atoms with van der Waals surface area (Å²) in [7, 11) is 0. The molecule has 4 heteroatoms. The third-order valence-corrected chi connectivity index (χ3v) is 3.44. The van der Waals surface area contributed by atoms with Crippen LogP contribution in [0.25, 0.3) is 0 Å². The smallest absolute Gasteiger partial charge is 0.303 e. The summed E-state index contributed by atoms with van der Waals surface area (Å²) in [6.45, 7) is 3.05. The molecule has 1 aliphatic rings. The van der Waals surface area contributed by atoms with E-state index < -0.39 is 5.97 Å². The van der Waals surface area contributed by atoms with Gasteiger partial charge in [0.25, 0.3) is 0 Å². The first kappa shape index (κ1) is 14.0. The maximum atomic E-state index is 11.5. The topological polar surface area (TPSA) is 66.4 Å². The van der Waals surface area contributed by atoms with Crippen LogP contribution in [0.3, 0.4) is 0 Å². The Bertz CT molecular complexity index is 265. The molecule has 0 spiro atoms. The Kier molecular flexibility index (Phi) is 6.01. The molecule has 0 radical (unpaired) electrons. The van der Waals surface area contributed by atoms with Crippen molar-refractivity contribution in [2.75, 3.05) is 6.54 Å². The Hall–Kier alpha value is -1.06. The van der Waals surface area contributed by atoms with Crippen LogP contribution < -0.4 is 5.32 Å². The lowest BCUT2D eigenvalue weighted by Crippen LogP contribution is -2.28. The molecule has 2 atom stereocenters. The Labute approximate surface area is 103 Å².